The maximum absolute atomic E-state index is 11.6. The minimum absolute atomic E-state index is 0.207. The Kier molecular flexibility index (Phi) is 20.1. The smallest absolute Gasteiger partial charge is 0.470 e. The highest BCUT2D eigenvalue weighted by atomic mass is 31.2. The van der Waals surface area contributed by atoms with Gasteiger partial charge in [-0.25, -0.2) is 4.57 Å². The van der Waals surface area contributed by atoms with Gasteiger partial charge in [0.2, 0.25) is 0 Å². The maximum Gasteiger partial charge on any atom is 0.470 e. The zero-order chi connectivity index (χ0) is 28.8. The normalized spacial score (nSPS) is 12.3. The molecule has 0 saturated heterocycles. The minimum Gasteiger partial charge on any atom is -0.495 e. The SMILES string of the molecule is CCCCCCCCCCCCCCCCCCOCCC(OP(=O)(O)O)c1cc(OC)c(C#N)c(OC)c1. The second-order valence-electron chi connectivity index (χ2n) is 10.2. The number of hydrogen-bond acceptors (Lipinski definition) is 6. The Labute approximate surface area is 236 Å². The van der Waals surface area contributed by atoms with Crippen molar-refractivity contribution < 1.29 is 33.1 Å². The summed E-state index contributed by atoms with van der Waals surface area (Å²) in [6, 6.07) is 5.10. The Morgan fingerprint density at radius 1 is 0.769 bits per heavy atom. The van der Waals surface area contributed by atoms with Gasteiger partial charge in [-0.05, 0) is 24.1 Å². The Balaban J connectivity index is 2.20. The van der Waals surface area contributed by atoms with Crippen molar-refractivity contribution in [3.63, 3.8) is 0 Å². The van der Waals surface area contributed by atoms with Crippen LogP contribution in [0.15, 0.2) is 12.1 Å². The summed E-state index contributed by atoms with van der Waals surface area (Å²) >= 11 is 0. The molecule has 9 heteroatoms. The monoisotopic (exact) mass is 569 g/mol. The van der Waals surface area contributed by atoms with E-state index < -0.39 is 13.9 Å². The molecule has 1 atom stereocenters. The molecule has 8 nitrogen and oxygen atoms in total. The number of nitrogens with zero attached hydrogens (tertiary/aromatic N) is 1. The predicted octanol–water partition coefficient (Wildman–Crippen LogP) is 8.39. The summed E-state index contributed by atoms with van der Waals surface area (Å²) in [6.45, 7) is 3.15. The van der Waals surface area contributed by atoms with E-state index in [1.807, 2.05) is 6.07 Å². The minimum atomic E-state index is -4.75. The van der Waals surface area contributed by atoms with Crippen LogP contribution in [0.25, 0.3) is 0 Å². The van der Waals surface area contributed by atoms with Crippen molar-refractivity contribution >= 4 is 7.82 Å². The lowest BCUT2D eigenvalue weighted by Gasteiger charge is -2.20. The quantitative estimate of drug-likeness (QED) is 0.0890. The second kappa shape index (κ2) is 22.1. The first-order chi connectivity index (χ1) is 18.9. The van der Waals surface area contributed by atoms with Crippen molar-refractivity contribution in [3.05, 3.63) is 23.3 Å². The molecule has 0 aliphatic heterocycles. The lowest BCUT2D eigenvalue weighted by molar-refractivity contribution is 0.0726. The number of rotatable bonds is 25. The van der Waals surface area contributed by atoms with E-state index in [2.05, 4.69) is 6.92 Å². The van der Waals surface area contributed by atoms with Gasteiger partial charge in [0.15, 0.2) is 0 Å². The number of phosphoric ester groups is 1. The van der Waals surface area contributed by atoms with Crippen LogP contribution in [0.4, 0.5) is 0 Å². The molecule has 0 aliphatic carbocycles. The molecule has 1 unspecified atom stereocenters. The summed E-state index contributed by atoms with van der Waals surface area (Å²) in [5.74, 6) is 0.500. The van der Waals surface area contributed by atoms with E-state index in [0.717, 1.165) is 12.8 Å². The highest BCUT2D eigenvalue weighted by Gasteiger charge is 2.26. The number of methoxy groups -OCH3 is 2. The summed E-state index contributed by atoms with van der Waals surface area (Å²) in [5.41, 5.74) is 0.649. The van der Waals surface area contributed by atoms with E-state index in [1.54, 1.807) is 0 Å². The Hall–Kier alpha value is -1.62. The third-order valence-electron chi connectivity index (χ3n) is 6.94. The van der Waals surface area contributed by atoms with E-state index in [9.17, 15) is 19.6 Å². The van der Waals surface area contributed by atoms with Crippen molar-refractivity contribution in [2.75, 3.05) is 27.4 Å². The van der Waals surface area contributed by atoms with Crippen molar-refractivity contribution in [3.8, 4) is 17.6 Å². The summed E-state index contributed by atoms with van der Waals surface area (Å²) < 4.78 is 32.8. The summed E-state index contributed by atoms with van der Waals surface area (Å²) in [7, 11) is -1.92. The molecule has 0 aromatic heterocycles. The Bertz CT molecular complexity index is 827. The molecule has 0 amide bonds. The molecule has 0 saturated carbocycles. The zero-order valence-corrected chi connectivity index (χ0v) is 25.4. The molecule has 39 heavy (non-hydrogen) atoms. The van der Waals surface area contributed by atoms with E-state index in [1.165, 1.54) is 116 Å². The number of nitriles is 1. The average molecular weight is 570 g/mol. The molecule has 0 radical (unpaired) electrons. The molecular formula is C30H52NO7P. The molecule has 0 bridgehead atoms. The number of phosphoric acid groups is 1. The van der Waals surface area contributed by atoms with E-state index in [4.69, 9.17) is 18.7 Å². The molecule has 1 rings (SSSR count). The predicted molar refractivity (Wildman–Crippen MR) is 155 cm³/mol. The van der Waals surface area contributed by atoms with Crippen molar-refractivity contribution in [2.45, 2.75) is 122 Å². The third kappa shape index (κ3) is 16.9. The van der Waals surface area contributed by atoms with Gasteiger partial charge in [-0.1, -0.05) is 103 Å². The van der Waals surface area contributed by atoms with Crippen LogP contribution in [-0.2, 0) is 13.8 Å². The van der Waals surface area contributed by atoms with Gasteiger partial charge in [-0.3, -0.25) is 4.52 Å². The number of ether oxygens (including phenoxy) is 3. The van der Waals surface area contributed by atoms with Gasteiger partial charge < -0.3 is 24.0 Å². The Morgan fingerprint density at radius 3 is 1.59 bits per heavy atom. The van der Waals surface area contributed by atoms with Gasteiger partial charge >= 0.3 is 7.82 Å². The molecule has 2 N–H and O–H groups in total. The molecule has 0 aliphatic rings. The lowest BCUT2D eigenvalue weighted by atomic mass is 10.0. The average Bonchev–Trinajstić information content (AvgIpc) is 2.92. The van der Waals surface area contributed by atoms with Crippen LogP contribution in [-0.4, -0.2) is 37.2 Å². The molecule has 0 heterocycles. The Morgan fingerprint density at radius 2 is 1.21 bits per heavy atom. The fourth-order valence-electron chi connectivity index (χ4n) is 4.72. The first kappa shape index (κ1) is 35.4. The fourth-order valence-corrected chi connectivity index (χ4v) is 5.28. The highest BCUT2D eigenvalue weighted by molar-refractivity contribution is 7.46. The second-order valence-corrected chi connectivity index (χ2v) is 11.4. The summed E-state index contributed by atoms with van der Waals surface area (Å²) in [6.07, 6.45) is 20.3. The van der Waals surface area contributed by atoms with Crippen LogP contribution in [0.1, 0.15) is 133 Å². The molecule has 1 aromatic rings. The van der Waals surface area contributed by atoms with Crippen LogP contribution >= 0.6 is 7.82 Å². The first-order valence-electron chi connectivity index (χ1n) is 14.8. The highest BCUT2D eigenvalue weighted by Crippen LogP contribution is 2.45. The lowest BCUT2D eigenvalue weighted by Crippen LogP contribution is -2.09. The molecule has 224 valence electrons. The van der Waals surface area contributed by atoms with Crippen LogP contribution < -0.4 is 9.47 Å². The van der Waals surface area contributed by atoms with Gasteiger partial charge in [0.05, 0.1) is 20.3 Å². The molecule has 0 spiro atoms. The zero-order valence-electron chi connectivity index (χ0n) is 24.5. The molecular weight excluding hydrogens is 517 g/mol. The van der Waals surface area contributed by atoms with Gasteiger partial charge in [0.1, 0.15) is 23.1 Å². The molecule has 0 fully saturated rings. The van der Waals surface area contributed by atoms with Gasteiger partial charge in [-0.15, -0.1) is 0 Å². The van der Waals surface area contributed by atoms with Crippen molar-refractivity contribution in [2.24, 2.45) is 0 Å². The molecule has 1 aromatic carbocycles. The van der Waals surface area contributed by atoms with Gasteiger partial charge in [0.25, 0.3) is 0 Å². The number of unbranched alkanes of at least 4 members (excludes halogenated alkanes) is 15. The first-order valence-corrected chi connectivity index (χ1v) is 16.4. The van der Waals surface area contributed by atoms with Crippen LogP contribution in [0.5, 0.6) is 11.5 Å². The largest absolute Gasteiger partial charge is 0.495 e. The van der Waals surface area contributed by atoms with Crippen LogP contribution in [0.2, 0.25) is 0 Å². The third-order valence-corrected chi connectivity index (χ3v) is 7.47. The maximum atomic E-state index is 11.6. The summed E-state index contributed by atoms with van der Waals surface area (Å²) in [4.78, 5) is 18.8. The summed E-state index contributed by atoms with van der Waals surface area (Å²) in [5, 5.41) is 9.37. The van der Waals surface area contributed by atoms with E-state index in [0.29, 0.717) is 12.2 Å². The number of hydrogen-bond donors (Lipinski definition) is 2. The van der Waals surface area contributed by atoms with Crippen LogP contribution in [0, 0.1) is 11.3 Å². The van der Waals surface area contributed by atoms with Crippen molar-refractivity contribution in [1.82, 2.24) is 0 Å². The van der Waals surface area contributed by atoms with Crippen LogP contribution in [0.3, 0.4) is 0 Å². The van der Waals surface area contributed by atoms with Gasteiger partial charge in [-0.2, -0.15) is 5.26 Å². The standard InChI is InChI=1S/C30H52NO7P/c1-4-5-6-7-8-9-10-11-12-13-14-15-16-17-18-19-21-37-22-20-28(38-39(32,33)34)26-23-29(35-2)27(25-31)30(24-26)36-3/h23-24,28H,4-22H2,1-3H3,(H2,32,33,34). The van der Waals surface area contributed by atoms with Crippen molar-refractivity contribution in [1.29, 1.82) is 5.26 Å². The fraction of sp³-hybridized carbons (Fsp3) is 0.767. The van der Waals surface area contributed by atoms with E-state index >= 15 is 0 Å². The van der Waals surface area contributed by atoms with Gasteiger partial charge in [0, 0.05) is 19.6 Å². The van der Waals surface area contributed by atoms with E-state index in [-0.39, 0.29) is 30.1 Å². The number of benzene rings is 1. The topological polar surface area (TPSA) is 118 Å².